The molecule has 0 saturated heterocycles. The molecular formula is C12H22N2O3. The number of rotatable bonds is 5. The van der Waals surface area contributed by atoms with Crippen LogP contribution in [0.5, 0.6) is 0 Å². The largest absolute Gasteiger partial charge is 0.480 e. The van der Waals surface area contributed by atoms with Crippen molar-refractivity contribution in [1.29, 1.82) is 0 Å². The topological polar surface area (TPSA) is 78.4 Å². The third kappa shape index (κ3) is 4.24. The van der Waals surface area contributed by atoms with E-state index in [2.05, 4.69) is 17.6 Å². The number of amides is 2. The molecule has 0 aromatic carbocycles. The molecule has 2 unspecified atom stereocenters. The molecule has 5 nitrogen and oxygen atoms in total. The molecule has 2 amide bonds. The van der Waals surface area contributed by atoms with Gasteiger partial charge in [-0.05, 0) is 24.7 Å². The molecule has 0 radical (unpaired) electrons. The van der Waals surface area contributed by atoms with Crippen LogP contribution >= 0.6 is 0 Å². The smallest absolute Gasteiger partial charge is 0.326 e. The Morgan fingerprint density at radius 1 is 1.41 bits per heavy atom. The highest BCUT2D eigenvalue weighted by molar-refractivity contribution is 5.82. The zero-order chi connectivity index (χ0) is 12.8. The van der Waals surface area contributed by atoms with Crippen LogP contribution in [0.25, 0.3) is 0 Å². The fraction of sp³-hybridized carbons (Fsp3) is 0.833. The highest BCUT2D eigenvalue weighted by Gasteiger charge is 2.24. The molecule has 0 aromatic heterocycles. The van der Waals surface area contributed by atoms with E-state index in [0.29, 0.717) is 24.8 Å². The number of hydrogen-bond donors (Lipinski definition) is 3. The van der Waals surface area contributed by atoms with E-state index in [0.717, 1.165) is 6.42 Å². The summed E-state index contributed by atoms with van der Waals surface area (Å²) in [6.45, 7) is 4.57. The average Bonchev–Trinajstić information content (AvgIpc) is 2.68. The van der Waals surface area contributed by atoms with Gasteiger partial charge in [-0.15, -0.1) is 0 Å². The first-order valence-electron chi connectivity index (χ1n) is 6.31. The quantitative estimate of drug-likeness (QED) is 0.685. The molecule has 0 heterocycles. The third-order valence-corrected chi connectivity index (χ3v) is 3.58. The van der Waals surface area contributed by atoms with Crippen molar-refractivity contribution in [2.75, 3.05) is 6.54 Å². The monoisotopic (exact) mass is 242 g/mol. The molecule has 0 aliphatic heterocycles. The molecule has 5 heteroatoms. The van der Waals surface area contributed by atoms with Gasteiger partial charge in [-0.1, -0.05) is 26.7 Å². The second kappa shape index (κ2) is 6.47. The van der Waals surface area contributed by atoms with Crippen LogP contribution in [0, 0.1) is 11.8 Å². The zero-order valence-electron chi connectivity index (χ0n) is 10.5. The summed E-state index contributed by atoms with van der Waals surface area (Å²) in [5.41, 5.74) is 0. The number of urea groups is 1. The highest BCUT2D eigenvalue weighted by Crippen LogP contribution is 2.30. The van der Waals surface area contributed by atoms with Crippen molar-refractivity contribution in [3.8, 4) is 0 Å². The molecule has 0 aromatic rings. The SMILES string of the molecule is CC[C@@H](NC(=O)NCC1CCCC1C)C(=O)O. The molecule has 1 rings (SSSR count). The van der Waals surface area contributed by atoms with Gasteiger partial charge in [0.05, 0.1) is 0 Å². The molecular weight excluding hydrogens is 220 g/mol. The Morgan fingerprint density at radius 2 is 2.12 bits per heavy atom. The van der Waals surface area contributed by atoms with E-state index in [-0.39, 0.29) is 6.03 Å². The summed E-state index contributed by atoms with van der Waals surface area (Å²) >= 11 is 0. The third-order valence-electron chi connectivity index (χ3n) is 3.58. The number of carbonyl (C=O) groups excluding carboxylic acids is 1. The summed E-state index contributed by atoms with van der Waals surface area (Å²) in [5.74, 6) is 0.194. The van der Waals surface area contributed by atoms with Gasteiger partial charge in [-0.25, -0.2) is 9.59 Å². The lowest BCUT2D eigenvalue weighted by Crippen LogP contribution is -2.46. The fourth-order valence-electron chi connectivity index (χ4n) is 2.30. The Labute approximate surface area is 102 Å². The lowest BCUT2D eigenvalue weighted by Gasteiger charge is -2.18. The lowest BCUT2D eigenvalue weighted by atomic mass is 9.98. The van der Waals surface area contributed by atoms with Crippen molar-refractivity contribution < 1.29 is 14.7 Å². The predicted molar refractivity (Wildman–Crippen MR) is 64.8 cm³/mol. The van der Waals surface area contributed by atoms with E-state index in [9.17, 15) is 9.59 Å². The summed E-state index contributed by atoms with van der Waals surface area (Å²) < 4.78 is 0. The summed E-state index contributed by atoms with van der Waals surface area (Å²) in [7, 11) is 0. The molecule has 0 bridgehead atoms. The van der Waals surface area contributed by atoms with Crippen molar-refractivity contribution in [3.63, 3.8) is 0 Å². The van der Waals surface area contributed by atoms with Gasteiger partial charge >= 0.3 is 12.0 Å². The van der Waals surface area contributed by atoms with Crippen molar-refractivity contribution in [3.05, 3.63) is 0 Å². The number of aliphatic carboxylic acids is 1. The number of carboxylic acid groups (broad SMARTS) is 1. The molecule has 1 aliphatic rings. The van der Waals surface area contributed by atoms with Gasteiger partial charge in [0, 0.05) is 6.54 Å². The zero-order valence-corrected chi connectivity index (χ0v) is 10.5. The van der Waals surface area contributed by atoms with Crippen molar-refractivity contribution in [2.24, 2.45) is 11.8 Å². The Balaban J connectivity index is 2.27. The number of nitrogens with one attached hydrogen (secondary N) is 2. The molecule has 1 fully saturated rings. The number of hydrogen-bond acceptors (Lipinski definition) is 2. The van der Waals surface area contributed by atoms with Crippen LogP contribution in [-0.2, 0) is 4.79 Å². The Morgan fingerprint density at radius 3 is 2.59 bits per heavy atom. The maximum absolute atomic E-state index is 11.5. The minimum absolute atomic E-state index is 0.377. The Hall–Kier alpha value is -1.26. The standard InChI is InChI=1S/C12H22N2O3/c1-3-10(11(15)16)14-12(17)13-7-9-6-4-5-8(9)2/h8-10H,3-7H2,1-2H3,(H,15,16)(H2,13,14,17)/t8?,9?,10-/m1/s1. The van der Waals surface area contributed by atoms with E-state index in [1.807, 2.05) is 0 Å². The second-order valence-corrected chi connectivity index (χ2v) is 4.82. The van der Waals surface area contributed by atoms with E-state index >= 15 is 0 Å². The lowest BCUT2D eigenvalue weighted by molar-refractivity contribution is -0.139. The van der Waals surface area contributed by atoms with Crippen LogP contribution < -0.4 is 10.6 Å². The van der Waals surface area contributed by atoms with Crippen LogP contribution in [0.3, 0.4) is 0 Å². The molecule has 1 aliphatic carbocycles. The second-order valence-electron chi connectivity index (χ2n) is 4.82. The molecule has 98 valence electrons. The van der Waals surface area contributed by atoms with Gasteiger partial charge in [-0.3, -0.25) is 0 Å². The summed E-state index contributed by atoms with van der Waals surface area (Å²) in [4.78, 5) is 22.2. The van der Waals surface area contributed by atoms with Gasteiger partial charge in [0.25, 0.3) is 0 Å². The van der Waals surface area contributed by atoms with Gasteiger partial charge < -0.3 is 15.7 Å². The van der Waals surface area contributed by atoms with Crippen LogP contribution in [0.2, 0.25) is 0 Å². The first-order chi connectivity index (χ1) is 8.04. The van der Waals surface area contributed by atoms with Gasteiger partial charge in [0.1, 0.15) is 6.04 Å². The Bertz CT molecular complexity index is 281. The predicted octanol–water partition coefficient (Wildman–Crippen LogP) is 1.58. The van der Waals surface area contributed by atoms with Gasteiger partial charge in [-0.2, -0.15) is 0 Å². The number of carboxylic acids is 1. The van der Waals surface area contributed by atoms with Crippen LogP contribution in [0.1, 0.15) is 39.5 Å². The first kappa shape index (κ1) is 13.8. The van der Waals surface area contributed by atoms with E-state index < -0.39 is 12.0 Å². The molecule has 1 saturated carbocycles. The van der Waals surface area contributed by atoms with Gasteiger partial charge in [0.2, 0.25) is 0 Å². The first-order valence-corrected chi connectivity index (χ1v) is 6.31. The normalized spacial score (nSPS) is 25.3. The summed E-state index contributed by atoms with van der Waals surface area (Å²) in [6.07, 6.45) is 3.99. The van der Waals surface area contributed by atoms with Crippen molar-refractivity contribution in [1.82, 2.24) is 10.6 Å². The Kier molecular flexibility index (Phi) is 5.25. The summed E-state index contributed by atoms with van der Waals surface area (Å²) in [6, 6.07) is -1.17. The molecule has 3 N–H and O–H groups in total. The van der Waals surface area contributed by atoms with E-state index in [4.69, 9.17) is 5.11 Å². The maximum Gasteiger partial charge on any atom is 0.326 e. The van der Waals surface area contributed by atoms with Crippen LogP contribution in [0.15, 0.2) is 0 Å². The molecule has 17 heavy (non-hydrogen) atoms. The molecule has 3 atom stereocenters. The minimum atomic E-state index is -0.989. The minimum Gasteiger partial charge on any atom is -0.480 e. The average molecular weight is 242 g/mol. The van der Waals surface area contributed by atoms with Gasteiger partial charge in [0.15, 0.2) is 0 Å². The van der Waals surface area contributed by atoms with Crippen LogP contribution in [-0.4, -0.2) is 29.7 Å². The molecule has 0 spiro atoms. The highest BCUT2D eigenvalue weighted by atomic mass is 16.4. The van der Waals surface area contributed by atoms with Crippen molar-refractivity contribution in [2.45, 2.75) is 45.6 Å². The summed E-state index contributed by atoms with van der Waals surface area (Å²) in [5, 5.41) is 14.0. The van der Waals surface area contributed by atoms with Crippen molar-refractivity contribution >= 4 is 12.0 Å². The van der Waals surface area contributed by atoms with E-state index in [1.54, 1.807) is 6.92 Å². The number of carbonyl (C=O) groups is 2. The maximum atomic E-state index is 11.5. The fourth-order valence-corrected chi connectivity index (χ4v) is 2.30. The van der Waals surface area contributed by atoms with E-state index in [1.165, 1.54) is 12.8 Å². The van der Waals surface area contributed by atoms with Crippen LogP contribution in [0.4, 0.5) is 4.79 Å².